The molecular formula is C14H20S2. The lowest BCUT2D eigenvalue weighted by atomic mass is 10.1. The van der Waals surface area contributed by atoms with Gasteiger partial charge in [0.25, 0.3) is 0 Å². The molecule has 1 aliphatic rings. The average Bonchev–Trinajstić information content (AvgIpc) is 2.61. The van der Waals surface area contributed by atoms with E-state index in [0.29, 0.717) is 4.08 Å². The Hall–Kier alpha value is -0.0800. The fourth-order valence-electron chi connectivity index (χ4n) is 2.08. The van der Waals surface area contributed by atoms with Crippen molar-refractivity contribution < 1.29 is 0 Å². The van der Waals surface area contributed by atoms with E-state index in [1.54, 1.807) is 0 Å². The SMILES string of the molecule is CCCCCCC1(C)Sc2ccccc2S1. The number of benzene rings is 1. The van der Waals surface area contributed by atoms with Gasteiger partial charge in [-0.3, -0.25) is 0 Å². The fraction of sp³-hybridized carbons (Fsp3) is 0.571. The van der Waals surface area contributed by atoms with Crippen molar-refractivity contribution in [2.45, 2.75) is 59.8 Å². The van der Waals surface area contributed by atoms with Crippen LogP contribution < -0.4 is 0 Å². The Labute approximate surface area is 108 Å². The lowest BCUT2D eigenvalue weighted by molar-refractivity contribution is 0.617. The second-order valence-corrected chi connectivity index (χ2v) is 7.94. The van der Waals surface area contributed by atoms with E-state index in [9.17, 15) is 0 Å². The van der Waals surface area contributed by atoms with Gasteiger partial charge >= 0.3 is 0 Å². The number of thioether (sulfide) groups is 2. The Bertz CT molecular complexity index is 321. The van der Waals surface area contributed by atoms with E-state index < -0.39 is 0 Å². The van der Waals surface area contributed by atoms with E-state index in [-0.39, 0.29) is 0 Å². The maximum absolute atomic E-state index is 2.40. The van der Waals surface area contributed by atoms with Gasteiger partial charge in [0.05, 0.1) is 4.08 Å². The normalized spacial score (nSPS) is 17.4. The van der Waals surface area contributed by atoms with Gasteiger partial charge in [0.2, 0.25) is 0 Å². The van der Waals surface area contributed by atoms with Crippen molar-refractivity contribution in [1.82, 2.24) is 0 Å². The molecule has 0 spiro atoms. The molecule has 16 heavy (non-hydrogen) atoms. The van der Waals surface area contributed by atoms with Crippen molar-refractivity contribution in [2.75, 3.05) is 0 Å². The van der Waals surface area contributed by atoms with Crippen molar-refractivity contribution >= 4 is 23.5 Å². The van der Waals surface area contributed by atoms with Crippen LogP contribution in [0.1, 0.15) is 46.0 Å². The predicted molar refractivity (Wildman–Crippen MR) is 75.3 cm³/mol. The molecule has 0 amide bonds. The number of hydrogen-bond acceptors (Lipinski definition) is 2. The molecule has 0 aromatic heterocycles. The molecular weight excluding hydrogens is 232 g/mol. The highest BCUT2D eigenvalue weighted by Gasteiger charge is 2.33. The molecule has 0 bridgehead atoms. The van der Waals surface area contributed by atoms with Crippen LogP contribution >= 0.6 is 23.5 Å². The lowest BCUT2D eigenvalue weighted by Crippen LogP contribution is -2.10. The average molecular weight is 252 g/mol. The number of fused-ring (bicyclic) bond motifs is 1. The number of hydrogen-bond donors (Lipinski definition) is 0. The third-order valence-electron chi connectivity index (χ3n) is 2.99. The number of unbranched alkanes of at least 4 members (excludes halogenated alkanes) is 3. The first-order valence-corrected chi connectivity index (χ1v) is 7.84. The molecule has 2 rings (SSSR count). The Morgan fingerprint density at radius 2 is 1.62 bits per heavy atom. The van der Waals surface area contributed by atoms with Gasteiger partial charge in [-0.15, -0.1) is 23.5 Å². The van der Waals surface area contributed by atoms with E-state index in [4.69, 9.17) is 0 Å². The maximum Gasteiger partial charge on any atom is 0.0677 e. The van der Waals surface area contributed by atoms with E-state index >= 15 is 0 Å². The summed E-state index contributed by atoms with van der Waals surface area (Å²) in [6.07, 6.45) is 6.81. The summed E-state index contributed by atoms with van der Waals surface area (Å²) < 4.78 is 0.386. The van der Waals surface area contributed by atoms with Crippen LogP contribution in [0.5, 0.6) is 0 Å². The molecule has 0 unspecified atom stereocenters. The quantitative estimate of drug-likeness (QED) is 0.628. The standard InChI is InChI=1S/C14H20S2/c1-3-4-5-8-11-14(2)15-12-9-6-7-10-13(12)16-14/h6-7,9-10H,3-5,8,11H2,1-2H3. The molecule has 0 N–H and O–H groups in total. The second kappa shape index (κ2) is 5.50. The second-order valence-electron chi connectivity index (χ2n) is 4.60. The highest BCUT2D eigenvalue weighted by atomic mass is 32.2. The summed E-state index contributed by atoms with van der Waals surface area (Å²) in [5.41, 5.74) is 0. The van der Waals surface area contributed by atoms with Gasteiger partial charge in [0.15, 0.2) is 0 Å². The molecule has 2 heteroatoms. The predicted octanol–water partition coefficient (Wildman–Crippen LogP) is 5.57. The van der Waals surface area contributed by atoms with Crippen molar-refractivity contribution in [3.63, 3.8) is 0 Å². The zero-order chi connectivity index (χ0) is 11.4. The van der Waals surface area contributed by atoms with Crippen LogP contribution in [0.3, 0.4) is 0 Å². The molecule has 0 saturated carbocycles. The third kappa shape index (κ3) is 2.98. The van der Waals surface area contributed by atoms with Crippen LogP contribution in [0.2, 0.25) is 0 Å². The van der Waals surface area contributed by atoms with Crippen molar-refractivity contribution in [2.24, 2.45) is 0 Å². The van der Waals surface area contributed by atoms with E-state index in [0.717, 1.165) is 0 Å². The summed E-state index contributed by atoms with van der Waals surface area (Å²) in [6, 6.07) is 8.80. The van der Waals surface area contributed by atoms with Crippen molar-refractivity contribution in [3.05, 3.63) is 24.3 Å². The van der Waals surface area contributed by atoms with E-state index in [2.05, 4.69) is 61.6 Å². The molecule has 1 heterocycles. The topological polar surface area (TPSA) is 0 Å². The third-order valence-corrected chi connectivity index (χ3v) is 6.04. The highest BCUT2D eigenvalue weighted by Crippen LogP contribution is 2.57. The van der Waals surface area contributed by atoms with Crippen molar-refractivity contribution in [1.29, 1.82) is 0 Å². The summed E-state index contributed by atoms with van der Waals surface area (Å²) in [7, 11) is 0. The van der Waals surface area contributed by atoms with Crippen molar-refractivity contribution in [3.8, 4) is 0 Å². The molecule has 0 atom stereocenters. The van der Waals surface area contributed by atoms with Crippen LogP contribution in [0.4, 0.5) is 0 Å². The van der Waals surface area contributed by atoms with Crippen LogP contribution in [0, 0.1) is 0 Å². The summed E-state index contributed by atoms with van der Waals surface area (Å²) in [6.45, 7) is 4.67. The first-order chi connectivity index (χ1) is 7.73. The summed E-state index contributed by atoms with van der Waals surface area (Å²) >= 11 is 4.12. The van der Waals surface area contributed by atoms with Crippen LogP contribution in [0.15, 0.2) is 34.1 Å². The van der Waals surface area contributed by atoms with E-state index in [1.165, 1.54) is 41.9 Å². The van der Waals surface area contributed by atoms with E-state index in [1.807, 2.05) is 0 Å². The molecule has 1 aromatic rings. The zero-order valence-corrected chi connectivity index (χ0v) is 11.8. The molecule has 88 valence electrons. The fourth-order valence-corrected chi connectivity index (χ4v) is 5.09. The van der Waals surface area contributed by atoms with Gasteiger partial charge in [-0.25, -0.2) is 0 Å². The smallest absolute Gasteiger partial charge is 0.0677 e. The minimum atomic E-state index is 0.386. The summed E-state index contributed by atoms with van der Waals surface area (Å²) in [4.78, 5) is 2.95. The molecule has 1 aliphatic heterocycles. The summed E-state index contributed by atoms with van der Waals surface area (Å²) in [5, 5.41) is 0. The molecule has 0 radical (unpaired) electrons. The van der Waals surface area contributed by atoms with Gasteiger partial charge in [-0.1, -0.05) is 44.7 Å². The number of rotatable bonds is 5. The minimum Gasteiger partial charge on any atom is -0.107 e. The first kappa shape index (κ1) is 12.4. The Balaban J connectivity index is 1.88. The summed E-state index contributed by atoms with van der Waals surface area (Å²) in [5.74, 6) is 0. The highest BCUT2D eigenvalue weighted by molar-refractivity contribution is 8.20. The zero-order valence-electron chi connectivity index (χ0n) is 10.2. The van der Waals surface area contributed by atoms with Gasteiger partial charge in [-0.2, -0.15) is 0 Å². The molecule has 0 fully saturated rings. The van der Waals surface area contributed by atoms with Crippen LogP contribution in [-0.4, -0.2) is 4.08 Å². The monoisotopic (exact) mass is 252 g/mol. The molecule has 0 aliphatic carbocycles. The van der Waals surface area contributed by atoms with Crippen LogP contribution in [-0.2, 0) is 0 Å². The minimum absolute atomic E-state index is 0.386. The Morgan fingerprint density at radius 1 is 1.00 bits per heavy atom. The van der Waals surface area contributed by atoms with Gasteiger partial charge in [0.1, 0.15) is 0 Å². The Kier molecular flexibility index (Phi) is 4.26. The Morgan fingerprint density at radius 3 is 2.19 bits per heavy atom. The maximum atomic E-state index is 2.40. The van der Waals surface area contributed by atoms with Gasteiger partial charge < -0.3 is 0 Å². The van der Waals surface area contributed by atoms with Crippen LogP contribution in [0.25, 0.3) is 0 Å². The van der Waals surface area contributed by atoms with Gasteiger partial charge in [0, 0.05) is 9.79 Å². The molecule has 0 saturated heterocycles. The largest absolute Gasteiger partial charge is 0.107 e. The molecule has 1 aromatic carbocycles. The lowest BCUT2D eigenvalue weighted by Gasteiger charge is -2.21. The molecule has 0 nitrogen and oxygen atoms in total. The first-order valence-electron chi connectivity index (χ1n) is 6.20. The van der Waals surface area contributed by atoms with Gasteiger partial charge in [-0.05, 0) is 25.5 Å².